The minimum absolute atomic E-state index is 0.00618. The molecule has 0 atom stereocenters. The number of pyridine rings is 1. The summed E-state index contributed by atoms with van der Waals surface area (Å²) in [6.07, 6.45) is 0.0347. The van der Waals surface area contributed by atoms with Gasteiger partial charge in [0.1, 0.15) is 11.6 Å². The molecule has 6 nitrogen and oxygen atoms in total. The smallest absolute Gasteiger partial charge is 0.447 e. The van der Waals surface area contributed by atoms with Crippen LogP contribution in [0.2, 0.25) is 0 Å². The van der Waals surface area contributed by atoms with Gasteiger partial charge in [0, 0.05) is 17.7 Å². The third-order valence-corrected chi connectivity index (χ3v) is 2.46. The Kier molecular flexibility index (Phi) is 4.17. The highest BCUT2D eigenvalue weighted by Gasteiger charge is 2.15. The van der Waals surface area contributed by atoms with E-state index in [0.717, 1.165) is 12.1 Å². The SMILES string of the molecule is COc1ncc(OOC(N)=O)cc1-c1ccc(F)cc1F. The van der Waals surface area contributed by atoms with Crippen LogP contribution in [0, 0.1) is 11.6 Å². The van der Waals surface area contributed by atoms with Gasteiger partial charge in [-0.25, -0.2) is 23.4 Å². The number of nitrogens with two attached hydrogens (primary N) is 1. The van der Waals surface area contributed by atoms with Crippen LogP contribution in [0.3, 0.4) is 0 Å². The van der Waals surface area contributed by atoms with Crippen LogP contribution in [0.4, 0.5) is 13.6 Å². The van der Waals surface area contributed by atoms with Crippen LogP contribution in [-0.2, 0) is 4.89 Å². The first-order valence-corrected chi connectivity index (χ1v) is 5.64. The van der Waals surface area contributed by atoms with Crippen molar-refractivity contribution in [3.8, 4) is 22.8 Å². The fourth-order valence-electron chi connectivity index (χ4n) is 1.63. The Bertz CT molecular complexity index is 679. The van der Waals surface area contributed by atoms with Gasteiger partial charge in [0.25, 0.3) is 0 Å². The number of nitrogens with zero attached hydrogens (tertiary/aromatic N) is 1. The molecule has 1 heterocycles. The van der Waals surface area contributed by atoms with Gasteiger partial charge in [-0.3, -0.25) is 4.89 Å². The molecule has 0 aliphatic rings. The number of rotatable bonds is 4. The minimum atomic E-state index is -1.15. The third kappa shape index (κ3) is 3.35. The largest absolute Gasteiger partial charge is 0.481 e. The zero-order valence-corrected chi connectivity index (χ0v) is 10.8. The first-order valence-electron chi connectivity index (χ1n) is 5.64. The van der Waals surface area contributed by atoms with E-state index >= 15 is 0 Å². The number of hydrogen-bond donors (Lipinski definition) is 1. The van der Waals surface area contributed by atoms with E-state index in [9.17, 15) is 13.6 Å². The predicted octanol–water partition coefficient (Wildman–Crippen LogP) is 2.42. The van der Waals surface area contributed by atoms with Gasteiger partial charge < -0.3 is 10.5 Å². The van der Waals surface area contributed by atoms with Crippen molar-refractivity contribution in [1.29, 1.82) is 0 Å². The standard InChI is InChI=1S/C13H10F2N2O4/c1-19-12-10(9-3-2-7(14)4-11(9)15)5-8(6-17-12)20-21-13(16)18/h2-6H,1H3,(H2,16,18). The molecular weight excluding hydrogens is 286 g/mol. The predicted molar refractivity (Wildman–Crippen MR) is 67.4 cm³/mol. The molecule has 0 radical (unpaired) electrons. The Morgan fingerprint density at radius 2 is 2.00 bits per heavy atom. The summed E-state index contributed by atoms with van der Waals surface area (Å²) in [4.78, 5) is 23.1. The summed E-state index contributed by atoms with van der Waals surface area (Å²) >= 11 is 0. The number of primary amides is 1. The van der Waals surface area contributed by atoms with Crippen LogP contribution < -0.4 is 15.4 Å². The Balaban J connectivity index is 2.44. The molecule has 0 bridgehead atoms. The van der Waals surface area contributed by atoms with Crippen molar-refractivity contribution in [1.82, 2.24) is 4.98 Å². The van der Waals surface area contributed by atoms with E-state index in [2.05, 4.69) is 14.8 Å². The van der Waals surface area contributed by atoms with Gasteiger partial charge in [-0.05, 0) is 12.1 Å². The van der Waals surface area contributed by atoms with E-state index in [4.69, 9.17) is 10.5 Å². The van der Waals surface area contributed by atoms with Crippen molar-refractivity contribution < 1.29 is 28.1 Å². The molecule has 0 fully saturated rings. The summed E-state index contributed by atoms with van der Waals surface area (Å²) in [6, 6.07) is 4.35. The monoisotopic (exact) mass is 296 g/mol. The molecule has 21 heavy (non-hydrogen) atoms. The lowest BCUT2D eigenvalue weighted by molar-refractivity contribution is -0.139. The summed E-state index contributed by atoms with van der Waals surface area (Å²) in [5, 5.41) is 0. The van der Waals surface area contributed by atoms with Crippen molar-refractivity contribution in [2.45, 2.75) is 0 Å². The zero-order chi connectivity index (χ0) is 15.4. The number of carbonyl (C=O) groups is 1. The summed E-state index contributed by atoms with van der Waals surface area (Å²) in [5.41, 5.74) is 4.99. The number of carbonyl (C=O) groups excluding carboxylic acids is 1. The average molecular weight is 296 g/mol. The van der Waals surface area contributed by atoms with E-state index in [1.54, 1.807) is 0 Å². The summed E-state index contributed by atoms with van der Waals surface area (Å²) in [7, 11) is 1.34. The molecule has 0 aliphatic carbocycles. The van der Waals surface area contributed by atoms with E-state index in [-0.39, 0.29) is 22.8 Å². The van der Waals surface area contributed by atoms with Gasteiger partial charge in [0.2, 0.25) is 5.88 Å². The van der Waals surface area contributed by atoms with Gasteiger partial charge in [-0.15, -0.1) is 0 Å². The van der Waals surface area contributed by atoms with Gasteiger partial charge in [-0.2, -0.15) is 0 Å². The highest BCUT2D eigenvalue weighted by atomic mass is 19.1. The van der Waals surface area contributed by atoms with Crippen molar-refractivity contribution in [2.75, 3.05) is 7.11 Å². The molecule has 0 saturated heterocycles. The highest BCUT2D eigenvalue weighted by molar-refractivity contribution is 5.70. The maximum atomic E-state index is 13.8. The molecule has 2 aromatic rings. The first kappa shape index (κ1) is 14.5. The van der Waals surface area contributed by atoms with Crippen LogP contribution >= 0.6 is 0 Å². The van der Waals surface area contributed by atoms with E-state index in [0.29, 0.717) is 0 Å². The highest BCUT2D eigenvalue weighted by Crippen LogP contribution is 2.33. The van der Waals surface area contributed by atoms with Crippen LogP contribution in [0.15, 0.2) is 30.5 Å². The zero-order valence-electron chi connectivity index (χ0n) is 10.8. The molecule has 2 rings (SSSR count). The van der Waals surface area contributed by atoms with Crippen LogP contribution in [0.25, 0.3) is 11.1 Å². The summed E-state index contributed by atoms with van der Waals surface area (Å²) < 4.78 is 31.8. The minimum Gasteiger partial charge on any atom is -0.481 e. The van der Waals surface area contributed by atoms with Crippen molar-refractivity contribution in [2.24, 2.45) is 5.73 Å². The van der Waals surface area contributed by atoms with Crippen molar-refractivity contribution >= 4 is 6.09 Å². The second-order valence-electron chi connectivity index (χ2n) is 3.84. The number of amides is 1. The van der Waals surface area contributed by atoms with Crippen molar-refractivity contribution in [3.63, 3.8) is 0 Å². The summed E-state index contributed by atoms with van der Waals surface area (Å²) in [6.45, 7) is 0. The van der Waals surface area contributed by atoms with Crippen molar-refractivity contribution in [3.05, 3.63) is 42.1 Å². The molecule has 1 aromatic carbocycles. The van der Waals surface area contributed by atoms with E-state index in [1.807, 2.05) is 0 Å². The molecule has 0 spiro atoms. The molecular formula is C13H10F2N2O4. The Hall–Kier alpha value is -2.90. The van der Waals surface area contributed by atoms with Gasteiger partial charge in [-0.1, -0.05) is 0 Å². The van der Waals surface area contributed by atoms with Gasteiger partial charge >= 0.3 is 6.09 Å². The number of halogens is 2. The molecule has 2 N–H and O–H groups in total. The lowest BCUT2D eigenvalue weighted by atomic mass is 10.1. The number of methoxy groups -OCH3 is 1. The summed E-state index contributed by atoms with van der Waals surface area (Å²) in [5.74, 6) is -1.43. The molecule has 110 valence electrons. The number of aromatic nitrogens is 1. The molecule has 0 saturated carbocycles. The Morgan fingerprint density at radius 3 is 2.62 bits per heavy atom. The second-order valence-corrected chi connectivity index (χ2v) is 3.84. The lowest BCUT2D eigenvalue weighted by Gasteiger charge is -2.10. The molecule has 1 amide bonds. The topological polar surface area (TPSA) is 83.7 Å². The van der Waals surface area contributed by atoms with E-state index in [1.165, 1.54) is 25.4 Å². The number of benzene rings is 1. The van der Waals surface area contributed by atoms with Crippen LogP contribution in [-0.4, -0.2) is 18.2 Å². The number of ether oxygens (including phenoxy) is 1. The molecule has 0 unspecified atom stereocenters. The van der Waals surface area contributed by atoms with Crippen LogP contribution in [0.5, 0.6) is 11.6 Å². The fourth-order valence-corrected chi connectivity index (χ4v) is 1.63. The average Bonchev–Trinajstić information content (AvgIpc) is 2.45. The normalized spacial score (nSPS) is 10.0. The quantitative estimate of drug-likeness (QED) is 0.692. The fraction of sp³-hybridized carbons (Fsp3) is 0.0769. The second kappa shape index (κ2) is 6.04. The van der Waals surface area contributed by atoms with E-state index < -0.39 is 17.7 Å². The van der Waals surface area contributed by atoms with Crippen LogP contribution in [0.1, 0.15) is 0 Å². The Morgan fingerprint density at radius 1 is 1.24 bits per heavy atom. The first-order chi connectivity index (χ1) is 10.0. The maximum Gasteiger partial charge on any atom is 0.447 e. The molecule has 8 heteroatoms. The van der Waals surface area contributed by atoms with Gasteiger partial charge in [0.05, 0.1) is 18.9 Å². The molecule has 1 aromatic heterocycles. The Labute approximate surface area is 118 Å². The lowest BCUT2D eigenvalue weighted by Crippen LogP contribution is -2.15. The third-order valence-electron chi connectivity index (χ3n) is 2.46. The van der Waals surface area contributed by atoms with Gasteiger partial charge in [0.15, 0.2) is 5.75 Å². The maximum absolute atomic E-state index is 13.8. The number of hydrogen-bond acceptors (Lipinski definition) is 5. The molecule has 0 aliphatic heterocycles.